The minimum Gasteiger partial charge on any atom is -0.490 e. The molecular formula is C17H20O4S. The number of hydrogen-bond donors (Lipinski definition) is 0. The van der Waals surface area contributed by atoms with E-state index < -0.39 is 10.8 Å². The zero-order chi connectivity index (χ0) is 15.1. The molecule has 0 radical (unpaired) electrons. The molecule has 0 saturated carbocycles. The molecule has 4 nitrogen and oxygen atoms in total. The largest absolute Gasteiger partial charge is 0.490 e. The summed E-state index contributed by atoms with van der Waals surface area (Å²) in [5.41, 5.74) is 0.696. The molecule has 4 rings (SSSR count). The van der Waals surface area contributed by atoms with Gasteiger partial charge in [0.1, 0.15) is 0 Å². The van der Waals surface area contributed by atoms with Gasteiger partial charge in [-0.05, 0) is 43.9 Å². The maximum Gasteiger partial charge on any atom is 0.166 e. The summed E-state index contributed by atoms with van der Waals surface area (Å²) in [6.07, 6.45) is 4.44. The monoisotopic (exact) mass is 320 g/mol. The Morgan fingerprint density at radius 1 is 1.05 bits per heavy atom. The third-order valence-electron chi connectivity index (χ3n) is 4.97. The molecule has 1 aromatic rings. The molecule has 118 valence electrons. The van der Waals surface area contributed by atoms with Crippen LogP contribution in [0.5, 0.6) is 11.5 Å². The van der Waals surface area contributed by atoms with Gasteiger partial charge in [-0.2, -0.15) is 0 Å². The molecule has 0 N–H and O–H groups in total. The van der Waals surface area contributed by atoms with Crippen LogP contribution in [-0.2, 0) is 10.8 Å². The molecular weight excluding hydrogens is 300 g/mol. The van der Waals surface area contributed by atoms with Crippen molar-refractivity contribution in [1.29, 1.82) is 0 Å². The van der Waals surface area contributed by atoms with Crippen molar-refractivity contribution in [3.8, 4) is 11.5 Å². The highest BCUT2D eigenvalue weighted by Crippen LogP contribution is 2.40. The van der Waals surface area contributed by atoms with E-state index in [9.17, 15) is 9.00 Å². The van der Waals surface area contributed by atoms with E-state index in [1.165, 1.54) is 0 Å². The van der Waals surface area contributed by atoms with Crippen molar-refractivity contribution in [3.63, 3.8) is 0 Å². The predicted molar refractivity (Wildman–Crippen MR) is 84.1 cm³/mol. The van der Waals surface area contributed by atoms with Crippen LogP contribution in [0.4, 0.5) is 0 Å². The van der Waals surface area contributed by atoms with Gasteiger partial charge in [-0.1, -0.05) is 0 Å². The maximum absolute atomic E-state index is 12.8. The summed E-state index contributed by atoms with van der Waals surface area (Å²) in [7, 11) is -0.713. The fourth-order valence-electron chi connectivity index (χ4n) is 3.80. The lowest BCUT2D eigenvalue weighted by molar-refractivity contribution is 0.0905. The number of ketones is 1. The number of benzene rings is 1. The molecule has 22 heavy (non-hydrogen) atoms. The zero-order valence-corrected chi connectivity index (χ0v) is 13.3. The first-order valence-electron chi connectivity index (χ1n) is 8.05. The first-order chi connectivity index (χ1) is 10.7. The van der Waals surface area contributed by atoms with Crippen LogP contribution < -0.4 is 9.47 Å². The quantitative estimate of drug-likeness (QED) is 0.786. The van der Waals surface area contributed by atoms with E-state index in [1.54, 1.807) is 0 Å². The minimum absolute atomic E-state index is 0.0138. The van der Waals surface area contributed by atoms with Crippen LogP contribution in [0.15, 0.2) is 18.2 Å². The molecule has 0 spiro atoms. The molecule has 0 aromatic heterocycles. The van der Waals surface area contributed by atoms with E-state index in [1.807, 2.05) is 18.2 Å². The highest BCUT2D eigenvalue weighted by atomic mass is 32.2. The summed E-state index contributed by atoms with van der Waals surface area (Å²) in [6.45, 7) is 1.27. The highest BCUT2D eigenvalue weighted by molar-refractivity contribution is 7.86. The first-order valence-corrected chi connectivity index (χ1v) is 9.33. The van der Waals surface area contributed by atoms with E-state index in [4.69, 9.17) is 9.47 Å². The van der Waals surface area contributed by atoms with Gasteiger partial charge in [-0.15, -0.1) is 0 Å². The Kier molecular flexibility index (Phi) is 3.68. The Labute approximate surface area is 132 Å². The Hall–Kier alpha value is -1.36. The number of carbonyl (C=O) groups is 1. The van der Waals surface area contributed by atoms with Crippen molar-refractivity contribution in [2.45, 2.75) is 42.6 Å². The van der Waals surface area contributed by atoms with Crippen molar-refractivity contribution < 1.29 is 18.5 Å². The van der Waals surface area contributed by atoms with Gasteiger partial charge in [-0.3, -0.25) is 9.00 Å². The Morgan fingerprint density at radius 3 is 2.45 bits per heavy atom. The summed E-state index contributed by atoms with van der Waals surface area (Å²) < 4.78 is 23.4. The lowest BCUT2D eigenvalue weighted by Gasteiger charge is -2.26. The Bertz CT molecular complexity index is 611. The molecule has 2 fully saturated rings. The molecule has 0 amide bonds. The molecule has 0 aliphatic carbocycles. The van der Waals surface area contributed by atoms with Crippen molar-refractivity contribution in [1.82, 2.24) is 0 Å². The summed E-state index contributed by atoms with van der Waals surface area (Å²) >= 11 is 0. The Morgan fingerprint density at radius 2 is 1.73 bits per heavy atom. The van der Waals surface area contributed by atoms with Crippen LogP contribution in [0.3, 0.4) is 0 Å². The summed E-state index contributed by atoms with van der Waals surface area (Å²) in [6, 6.07) is 5.49. The molecule has 2 unspecified atom stereocenters. The van der Waals surface area contributed by atoms with Crippen molar-refractivity contribution >= 4 is 16.6 Å². The number of Topliss-reactive ketones (excluding diaryl/α,β-unsaturated/α-hetero) is 1. The predicted octanol–water partition coefficient (Wildman–Crippen LogP) is 2.72. The molecule has 1 aromatic carbocycles. The van der Waals surface area contributed by atoms with Gasteiger partial charge in [0.25, 0.3) is 0 Å². The second kappa shape index (κ2) is 5.69. The fraction of sp³-hybridized carbons (Fsp3) is 0.588. The van der Waals surface area contributed by atoms with Gasteiger partial charge in [0.2, 0.25) is 0 Å². The van der Waals surface area contributed by atoms with Gasteiger partial charge in [0, 0.05) is 39.2 Å². The van der Waals surface area contributed by atoms with E-state index >= 15 is 0 Å². The fourth-order valence-corrected chi connectivity index (χ4v) is 5.92. The molecule has 5 heteroatoms. The lowest BCUT2D eigenvalue weighted by Crippen LogP contribution is -2.32. The van der Waals surface area contributed by atoms with Gasteiger partial charge >= 0.3 is 0 Å². The minimum atomic E-state index is -0.713. The number of carbonyl (C=O) groups excluding carboxylic acids is 1. The zero-order valence-electron chi connectivity index (χ0n) is 12.5. The summed E-state index contributed by atoms with van der Waals surface area (Å²) in [5.74, 6) is 1.58. The van der Waals surface area contributed by atoms with Crippen molar-refractivity contribution in [3.05, 3.63) is 23.8 Å². The van der Waals surface area contributed by atoms with Crippen LogP contribution in [-0.4, -0.2) is 33.7 Å². The Balaban J connectivity index is 1.56. The van der Waals surface area contributed by atoms with E-state index in [0.717, 1.165) is 37.9 Å². The topological polar surface area (TPSA) is 52.6 Å². The second-order valence-corrected chi connectivity index (χ2v) is 8.38. The standard InChI is InChI=1S/C17H20O4S/c18-17(12-8-13-3-4-14(9-12)22(13)19)11-2-5-15-16(10-11)21-7-1-6-20-15/h2,5,10,12-14H,1,3-4,6-9H2. The molecule has 3 heterocycles. The first kappa shape index (κ1) is 14.2. The average molecular weight is 320 g/mol. The molecule has 2 bridgehead atoms. The third-order valence-corrected chi connectivity index (χ3v) is 7.14. The van der Waals surface area contributed by atoms with E-state index in [-0.39, 0.29) is 22.2 Å². The smallest absolute Gasteiger partial charge is 0.166 e. The SMILES string of the molecule is O=C(c1ccc2c(c1)OCCCO2)C1CC2CCC(C1)S2=O. The van der Waals surface area contributed by atoms with Crippen molar-refractivity contribution in [2.75, 3.05) is 13.2 Å². The number of hydrogen-bond acceptors (Lipinski definition) is 4. The van der Waals surface area contributed by atoms with E-state index in [2.05, 4.69) is 0 Å². The van der Waals surface area contributed by atoms with Crippen LogP contribution in [0, 0.1) is 5.92 Å². The van der Waals surface area contributed by atoms with Crippen LogP contribution in [0.2, 0.25) is 0 Å². The molecule has 2 atom stereocenters. The summed E-state index contributed by atoms with van der Waals surface area (Å²) in [5, 5.41) is 0.459. The van der Waals surface area contributed by atoms with Crippen molar-refractivity contribution in [2.24, 2.45) is 5.92 Å². The van der Waals surface area contributed by atoms with Crippen LogP contribution in [0.25, 0.3) is 0 Å². The van der Waals surface area contributed by atoms with Crippen LogP contribution in [0.1, 0.15) is 42.5 Å². The molecule has 2 saturated heterocycles. The third kappa shape index (κ3) is 2.45. The van der Waals surface area contributed by atoms with E-state index in [0.29, 0.717) is 24.5 Å². The van der Waals surface area contributed by atoms with Gasteiger partial charge in [-0.25, -0.2) is 0 Å². The molecule has 3 aliphatic rings. The van der Waals surface area contributed by atoms with Gasteiger partial charge < -0.3 is 9.47 Å². The highest BCUT2D eigenvalue weighted by Gasteiger charge is 2.42. The average Bonchev–Trinajstić information content (AvgIpc) is 2.78. The number of rotatable bonds is 2. The maximum atomic E-state index is 12.8. The summed E-state index contributed by atoms with van der Waals surface area (Å²) in [4.78, 5) is 12.8. The number of ether oxygens (including phenoxy) is 2. The van der Waals surface area contributed by atoms with Gasteiger partial charge in [0.05, 0.1) is 13.2 Å². The normalized spacial score (nSPS) is 33.3. The van der Waals surface area contributed by atoms with Crippen LogP contribution >= 0.6 is 0 Å². The lowest BCUT2D eigenvalue weighted by atomic mass is 9.90. The second-order valence-electron chi connectivity index (χ2n) is 6.39. The van der Waals surface area contributed by atoms with Gasteiger partial charge in [0.15, 0.2) is 17.3 Å². The molecule has 3 aliphatic heterocycles. The number of fused-ring (bicyclic) bond motifs is 3.